The van der Waals surface area contributed by atoms with Crippen molar-refractivity contribution >= 4 is 40.9 Å². The molecule has 0 radical (unpaired) electrons. The van der Waals surface area contributed by atoms with Crippen molar-refractivity contribution in [1.82, 2.24) is 4.57 Å². The highest BCUT2D eigenvalue weighted by Gasteiger charge is 2.22. The van der Waals surface area contributed by atoms with Crippen LogP contribution in [0.3, 0.4) is 0 Å². The highest BCUT2D eigenvalue weighted by atomic mass is 79.9. The van der Waals surface area contributed by atoms with Gasteiger partial charge in [0.15, 0.2) is 5.82 Å². The number of hydrogen-bond acceptors (Lipinski definition) is 2. The lowest BCUT2D eigenvalue weighted by Gasteiger charge is -2.15. The van der Waals surface area contributed by atoms with Crippen LogP contribution in [0.15, 0.2) is 16.7 Å². The second kappa shape index (κ2) is 6.70. The molecule has 4 nitrogen and oxygen atoms in total. The van der Waals surface area contributed by atoms with Gasteiger partial charge >= 0.3 is 5.97 Å². The number of carboxylic acid groups (broad SMARTS) is 1. The summed E-state index contributed by atoms with van der Waals surface area (Å²) in [6.07, 6.45) is 1.27. The molecule has 0 unspecified atom stereocenters. The second-order valence-corrected chi connectivity index (χ2v) is 13.0. The predicted octanol–water partition coefficient (Wildman–Crippen LogP) is 4.69. The monoisotopic (exact) mass is 405 g/mol. The molecule has 0 atom stereocenters. The number of aromatic nitrogens is 1. The van der Waals surface area contributed by atoms with Gasteiger partial charge in [0.05, 0.1) is 20.9 Å². The molecule has 0 aliphatic heterocycles. The summed E-state index contributed by atoms with van der Waals surface area (Å²) in [7, 11) is -1.24. The van der Waals surface area contributed by atoms with E-state index in [2.05, 4.69) is 35.6 Å². The summed E-state index contributed by atoms with van der Waals surface area (Å²) in [5.41, 5.74) is -0.0550. The molecule has 0 fully saturated rings. The average Bonchev–Trinajstić information content (AvgIpc) is 2.79. The van der Waals surface area contributed by atoms with Crippen molar-refractivity contribution < 1.29 is 23.4 Å². The largest absolute Gasteiger partial charge is 0.478 e. The maximum Gasteiger partial charge on any atom is 0.337 e. The zero-order chi connectivity index (χ0) is 17.4. The Morgan fingerprint density at radius 1 is 1.39 bits per heavy atom. The minimum Gasteiger partial charge on any atom is -0.478 e. The second-order valence-electron chi connectivity index (χ2n) is 6.55. The maximum atomic E-state index is 14.2. The molecule has 0 bridgehead atoms. The zero-order valence-corrected chi connectivity index (χ0v) is 15.7. The van der Waals surface area contributed by atoms with Gasteiger partial charge in [-0.15, -0.1) is 0 Å². The summed E-state index contributed by atoms with van der Waals surface area (Å²) in [6, 6.07) is 2.06. The highest BCUT2D eigenvalue weighted by Crippen LogP contribution is 2.31. The lowest BCUT2D eigenvalue weighted by molar-refractivity contribution is 0.0696. The van der Waals surface area contributed by atoms with Gasteiger partial charge in [0.1, 0.15) is 12.5 Å². The number of nitrogens with zero attached hydrogens (tertiary/aromatic N) is 1. The van der Waals surface area contributed by atoms with E-state index in [1.54, 1.807) is 0 Å². The Morgan fingerprint density at radius 3 is 2.61 bits per heavy atom. The number of ether oxygens (including phenoxy) is 1. The van der Waals surface area contributed by atoms with Crippen LogP contribution in [-0.4, -0.2) is 30.3 Å². The molecule has 1 aromatic heterocycles. The molecule has 0 saturated heterocycles. The summed E-state index contributed by atoms with van der Waals surface area (Å²) in [5.74, 6) is -2.97. The van der Waals surface area contributed by atoms with Gasteiger partial charge in [0.2, 0.25) is 0 Å². The van der Waals surface area contributed by atoms with Crippen molar-refractivity contribution in [2.24, 2.45) is 0 Å². The Bertz CT molecular complexity index is 755. The standard InChI is InChI=1S/C15H18BrF2NO3Si/c1-23(2,3)5-4-22-8-19-7-9(15(20)21)12-11(19)6-10(17)13(16)14(12)18/h6-7H,4-5,8H2,1-3H3,(H,20,21). The number of carboxylic acids is 1. The predicted molar refractivity (Wildman–Crippen MR) is 90.6 cm³/mol. The van der Waals surface area contributed by atoms with Crippen molar-refractivity contribution in [2.45, 2.75) is 32.4 Å². The molecule has 8 heteroatoms. The van der Waals surface area contributed by atoms with Crippen LogP contribution in [0, 0.1) is 11.6 Å². The quantitative estimate of drug-likeness (QED) is 0.430. The fourth-order valence-corrected chi connectivity index (χ4v) is 3.23. The first-order valence-electron chi connectivity index (χ1n) is 7.09. The molecule has 126 valence electrons. The van der Waals surface area contributed by atoms with E-state index in [0.717, 1.165) is 12.1 Å². The Kier molecular flexibility index (Phi) is 5.27. The maximum absolute atomic E-state index is 14.2. The van der Waals surface area contributed by atoms with Crippen LogP contribution < -0.4 is 0 Å². The molecule has 1 aromatic carbocycles. The molecule has 0 spiro atoms. The van der Waals surface area contributed by atoms with Crippen molar-refractivity contribution in [1.29, 1.82) is 0 Å². The van der Waals surface area contributed by atoms with Gasteiger partial charge in [-0.1, -0.05) is 19.6 Å². The van der Waals surface area contributed by atoms with Crippen LogP contribution in [0.25, 0.3) is 10.9 Å². The molecule has 1 N–H and O–H groups in total. The fraction of sp³-hybridized carbons (Fsp3) is 0.400. The molecule has 23 heavy (non-hydrogen) atoms. The van der Waals surface area contributed by atoms with E-state index in [1.807, 2.05) is 0 Å². The van der Waals surface area contributed by atoms with Crippen LogP contribution in [-0.2, 0) is 11.5 Å². The van der Waals surface area contributed by atoms with Crippen molar-refractivity contribution in [3.8, 4) is 0 Å². The minimum atomic E-state index is -1.27. The van der Waals surface area contributed by atoms with E-state index in [9.17, 15) is 18.7 Å². The first kappa shape index (κ1) is 18.1. The van der Waals surface area contributed by atoms with Crippen molar-refractivity contribution in [2.75, 3.05) is 6.61 Å². The summed E-state index contributed by atoms with van der Waals surface area (Å²) >= 11 is 2.80. The van der Waals surface area contributed by atoms with Crippen LogP contribution in [0.2, 0.25) is 25.7 Å². The summed E-state index contributed by atoms with van der Waals surface area (Å²) < 4.78 is 34.6. The van der Waals surface area contributed by atoms with Gasteiger partial charge in [-0.05, 0) is 28.0 Å². The van der Waals surface area contributed by atoms with Crippen molar-refractivity contribution in [3.05, 3.63) is 33.9 Å². The first-order chi connectivity index (χ1) is 10.6. The van der Waals surface area contributed by atoms with E-state index >= 15 is 0 Å². The highest BCUT2D eigenvalue weighted by molar-refractivity contribution is 9.10. The summed E-state index contributed by atoms with van der Waals surface area (Å²) in [5, 5.41) is 9.11. The number of aromatic carboxylic acids is 1. The van der Waals surface area contributed by atoms with Crippen LogP contribution in [0.1, 0.15) is 10.4 Å². The Balaban J connectivity index is 2.35. The first-order valence-corrected chi connectivity index (χ1v) is 11.6. The van der Waals surface area contributed by atoms with Gasteiger partial charge in [-0.2, -0.15) is 0 Å². The van der Waals surface area contributed by atoms with E-state index in [4.69, 9.17) is 4.74 Å². The number of rotatable bonds is 6. The third-order valence-electron chi connectivity index (χ3n) is 3.46. The van der Waals surface area contributed by atoms with E-state index in [1.165, 1.54) is 10.8 Å². The third-order valence-corrected chi connectivity index (χ3v) is 5.89. The zero-order valence-electron chi connectivity index (χ0n) is 13.1. The Hall–Kier alpha value is -1.25. The van der Waals surface area contributed by atoms with E-state index in [0.29, 0.717) is 6.61 Å². The molecular formula is C15H18BrF2NO3Si. The summed E-state index contributed by atoms with van der Waals surface area (Å²) in [6.45, 7) is 7.22. The average molecular weight is 406 g/mol. The minimum absolute atomic E-state index is 0.0504. The molecule has 2 rings (SSSR count). The topological polar surface area (TPSA) is 51.5 Å². The molecule has 0 aliphatic carbocycles. The Labute approximate surface area is 142 Å². The number of carbonyl (C=O) groups is 1. The lowest BCUT2D eigenvalue weighted by Crippen LogP contribution is -2.22. The molecule has 0 amide bonds. The third kappa shape index (κ3) is 3.99. The van der Waals surface area contributed by atoms with Crippen molar-refractivity contribution in [3.63, 3.8) is 0 Å². The van der Waals surface area contributed by atoms with Gasteiger partial charge in [-0.3, -0.25) is 0 Å². The molecule has 2 aromatic rings. The van der Waals surface area contributed by atoms with Gasteiger partial charge in [0, 0.05) is 20.9 Å². The van der Waals surface area contributed by atoms with E-state index < -0.39 is 25.7 Å². The summed E-state index contributed by atoms with van der Waals surface area (Å²) in [4.78, 5) is 11.3. The fourth-order valence-electron chi connectivity index (χ4n) is 2.17. The molecule has 1 heterocycles. The van der Waals surface area contributed by atoms with Crippen LogP contribution in [0.5, 0.6) is 0 Å². The van der Waals surface area contributed by atoms with Crippen LogP contribution in [0.4, 0.5) is 8.78 Å². The van der Waals surface area contributed by atoms with E-state index in [-0.39, 0.29) is 27.7 Å². The number of hydrogen-bond donors (Lipinski definition) is 1. The number of halogens is 3. The van der Waals surface area contributed by atoms with Gasteiger partial charge < -0.3 is 14.4 Å². The normalized spacial score (nSPS) is 12.1. The molecule has 0 aliphatic rings. The van der Waals surface area contributed by atoms with Gasteiger partial charge in [-0.25, -0.2) is 13.6 Å². The van der Waals surface area contributed by atoms with Gasteiger partial charge in [0.25, 0.3) is 0 Å². The van der Waals surface area contributed by atoms with Crippen LogP contribution >= 0.6 is 15.9 Å². The number of benzene rings is 1. The SMILES string of the molecule is C[Si](C)(C)CCOCn1cc(C(=O)O)c2c(F)c(Br)c(F)cc21. The Morgan fingerprint density at radius 2 is 2.04 bits per heavy atom. The molecular weight excluding hydrogens is 388 g/mol. The smallest absolute Gasteiger partial charge is 0.337 e. The lowest BCUT2D eigenvalue weighted by atomic mass is 10.1. The number of fused-ring (bicyclic) bond motifs is 1. The molecule has 0 saturated carbocycles.